The van der Waals surface area contributed by atoms with Crippen molar-refractivity contribution in [2.45, 2.75) is 26.2 Å². The molecule has 3 aromatic carbocycles. The highest BCUT2D eigenvalue weighted by molar-refractivity contribution is 6.08. The van der Waals surface area contributed by atoms with Gasteiger partial charge in [0.1, 0.15) is 0 Å². The van der Waals surface area contributed by atoms with E-state index in [0.29, 0.717) is 36.3 Å². The number of benzene rings is 3. The highest BCUT2D eigenvalue weighted by atomic mass is 16.2. The van der Waals surface area contributed by atoms with Gasteiger partial charge in [0.15, 0.2) is 0 Å². The third kappa shape index (κ3) is 3.89. The van der Waals surface area contributed by atoms with Gasteiger partial charge in [-0.2, -0.15) is 0 Å². The van der Waals surface area contributed by atoms with E-state index >= 15 is 0 Å². The fourth-order valence-electron chi connectivity index (χ4n) is 4.60. The van der Waals surface area contributed by atoms with Gasteiger partial charge in [-0.1, -0.05) is 25.1 Å². The summed E-state index contributed by atoms with van der Waals surface area (Å²) in [6.45, 7) is 3.19. The summed E-state index contributed by atoms with van der Waals surface area (Å²) < 4.78 is 0. The first-order valence-corrected chi connectivity index (χ1v) is 11.3. The Morgan fingerprint density at radius 3 is 2.24 bits per heavy atom. The minimum absolute atomic E-state index is 0.0392. The topological polar surface area (TPSA) is 69.7 Å². The number of amides is 3. The Morgan fingerprint density at radius 1 is 0.788 bits per heavy atom. The van der Waals surface area contributed by atoms with Gasteiger partial charge >= 0.3 is 0 Å². The molecule has 0 radical (unpaired) electrons. The van der Waals surface area contributed by atoms with Crippen LogP contribution in [0.25, 0.3) is 0 Å². The van der Waals surface area contributed by atoms with Crippen molar-refractivity contribution in [1.29, 1.82) is 0 Å². The minimum Gasteiger partial charge on any atom is -0.322 e. The number of nitrogens with one attached hydrogen (secondary N) is 1. The lowest BCUT2D eigenvalue weighted by Crippen LogP contribution is -2.28. The molecule has 0 saturated carbocycles. The summed E-state index contributed by atoms with van der Waals surface area (Å²) in [6, 6.07) is 20.4. The fraction of sp³-hybridized carbons (Fsp3) is 0.222. The molecule has 0 spiro atoms. The molecule has 3 aromatic rings. The van der Waals surface area contributed by atoms with Crippen LogP contribution in [0.5, 0.6) is 0 Å². The van der Waals surface area contributed by atoms with E-state index in [-0.39, 0.29) is 17.7 Å². The number of carbonyl (C=O) groups excluding carboxylic acids is 3. The van der Waals surface area contributed by atoms with E-state index in [9.17, 15) is 14.4 Å². The smallest absolute Gasteiger partial charge is 0.258 e. The molecule has 166 valence electrons. The van der Waals surface area contributed by atoms with Crippen LogP contribution in [0.3, 0.4) is 0 Å². The van der Waals surface area contributed by atoms with Gasteiger partial charge in [-0.25, -0.2) is 0 Å². The molecular formula is C27H25N3O3. The summed E-state index contributed by atoms with van der Waals surface area (Å²) in [4.78, 5) is 41.4. The summed E-state index contributed by atoms with van der Waals surface area (Å²) in [5, 5.41) is 2.90. The molecule has 0 unspecified atom stereocenters. The number of hydrogen-bond donors (Lipinski definition) is 1. The molecule has 0 saturated heterocycles. The van der Waals surface area contributed by atoms with Crippen LogP contribution in [-0.4, -0.2) is 30.8 Å². The van der Waals surface area contributed by atoms with Gasteiger partial charge in [0.25, 0.3) is 11.8 Å². The van der Waals surface area contributed by atoms with Crippen molar-refractivity contribution in [3.63, 3.8) is 0 Å². The maximum atomic E-state index is 13.0. The molecule has 2 aliphatic heterocycles. The Labute approximate surface area is 192 Å². The standard InChI is InChI=1S/C27H25N3O3/c1-2-25(31)29-15-14-20-17-21(9-12-24(20)29)26(32)28-22-10-7-19(8-11-22)27(33)30-16-13-18-5-3-4-6-23(18)30/h3-12,17H,2,13-16H2,1H3,(H,28,32). The summed E-state index contributed by atoms with van der Waals surface area (Å²) >= 11 is 0. The average Bonchev–Trinajstić information content (AvgIpc) is 3.47. The van der Waals surface area contributed by atoms with Gasteiger partial charge in [-0.05, 0) is 72.5 Å². The molecule has 33 heavy (non-hydrogen) atoms. The van der Waals surface area contributed by atoms with Gasteiger partial charge in [-0.15, -0.1) is 0 Å². The van der Waals surface area contributed by atoms with Gasteiger partial charge in [0.05, 0.1) is 0 Å². The normalized spacial score (nSPS) is 14.1. The number of fused-ring (bicyclic) bond motifs is 2. The predicted molar refractivity (Wildman–Crippen MR) is 129 cm³/mol. The van der Waals surface area contributed by atoms with E-state index in [1.807, 2.05) is 37.3 Å². The van der Waals surface area contributed by atoms with Crippen LogP contribution in [0.2, 0.25) is 0 Å². The molecular weight excluding hydrogens is 414 g/mol. The highest BCUT2D eigenvalue weighted by Gasteiger charge is 2.26. The van der Waals surface area contributed by atoms with Crippen molar-refractivity contribution >= 4 is 34.8 Å². The molecule has 2 heterocycles. The van der Waals surface area contributed by atoms with Gasteiger partial charge in [0, 0.05) is 47.7 Å². The van der Waals surface area contributed by atoms with E-state index in [1.165, 1.54) is 5.56 Å². The number of rotatable bonds is 4. The van der Waals surface area contributed by atoms with Crippen LogP contribution in [0, 0.1) is 0 Å². The van der Waals surface area contributed by atoms with Crippen LogP contribution < -0.4 is 15.1 Å². The van der Waals surface area contributed by atoms with Crippen molar-refractivity contribution in [3.8, 4) is 0 Å². The second-order valence-electron chi connectivity index (χ2n) is 8.36. The zero-order chi connectivity index (χ0) is 22.9. The first-order valence-electron chi connectivity index (χ1n) is 11.3. The third-order valence-corrected chi connectivity index (χ3v) is 6.36. The zero-order valence-electron chi connectivity index (χ0n) is 18.5. The number of hydrogen-bond acceptors (Lipinski definition) is 3. The summed E-state index contributed by atoms with van der Waals surface area (Å²) in [5.41, 5.74) is 5.82. The Bertz CT molecular complexity index is 1250. The first kappa shape index (κ1) is 20.9. The minimum atomic E-state index is -0.217. The average molecular weight is 440 g/mol. The molecule has 3 amide bonds. The molecule has 0 atom stereocenters. The summed E-state index contributed by atoms with van der Waals surface area (Å²) in [7, 11) is 0. The van der Waals surface area contributed by atoms with E-state index in [0.717, 1.165) is 29.8 Å². The second-order valence-corrected chi connectivity index (χ2v) is 8.36. The quantitative estimate of drug-likeness (QED) is 0.653. The lowest BCUT2D eigenvalue weighted by Gasteiger charge is -2.17. The van der Waals surface area contributed by atoms with E-state index in [4.69, 9.17) is 0 Å². The van der Waals surface area contributed by atoms with Crippen LogP contribution in [0.4, 0.5) is 17.1 Å². The van der Waals surface area contributed by atoms with Crippen LogP contribution in [-0.2, 0) is 17.6 Å². The van der Waals surface area contributed by atoms with E-state index in [2.05, 4.69) is 11.4 Å². The molecule has 2 aliphatic rings. The maximum Gasteiger partial charge on any atom is 0.258 e. The molecule has 0 aliphatic carbocycles. The fourth-order valence-corrected chi connectivity index (χ4v) is 4.60. The van der Waals surface area contributed by atoms with Crippen molar-refractivity contribution in [2.24, 2.45) is 0 Å². The monoisotopic (exact) mass is 439 g/mol. The molecule has 6 nitrogen and oxygen atoms in total. The number of carbonyl (C=O) groups is 3. The lowest BCUT2D eigenvalue weighted by atomic mass is 10.1. The van der Waals surface area contributed by atoms with Gasteiger partial charge < -0.3 is 15.1 Å². The maximum absolute atomic E-state index is 13.0. The molecule has 0 fully saturated rings. The van der Waals surface area contributed by atoms with Crippen LogP contribution >= 0.6 is 0 Å². The first-order chi connectivity index (χ1) is 16.0. The van der Waals surface area contributed by atoms with Crippen LogP contribution in [0.15, 0.2) is 66.7 Å². The summed E-state index contributed by atoms with van der Waals surface area (Å²) in [6.07, 6.45) is 2.07. The van der Waals surface area contributed by atoms with Crippen molar-refractivity contribution in [1.82, 2.24) is 0 Å². The Hall–Kier alpha value is -3.93. The summed E-state index contributed by atoms with van der Waals surface area (Å²) in [5.74, 6) is -0.161. The largest absolute Gasteiger partial charge is 0.322 e. The van der Waals surface area contributed by atoms with Gasteiger partial charge in [0.2, 0.25) is 5.91 Å². The molecule has 6 heteroatoms. The Morgan fingerprint density at radius 2 is 1.45 bits per heavy atom. The number of nitrogens with zero attached hydrogens (tertiary/aromatic N) is 2. The van der Waals surface area contributed by atoms with Gasteiger partial charge in [-0.3, -0.25) is 14.4 Å². The Kier molecular flexibility index (Phi) is 5.42. The Balaban J connectivity index is 1.27. The molecule has 0 aromatic heterocycles. The SMILES string of the molecule is CCC(=O)N1CCc2cc(C(=O)Nc3ccc(C(=O)N4CCc5ccccc54)cc3)ccc21. The third-order valence-electron chi connectivity index (χ3n) is 6.36. The predicted octanol–water partition coefficient (Wildman–Crippen LogP) is 4.44. The van der Waals surface area contributed by atoms with E-state index < -0.39 is 0 Å². The number of anilines is 3. The second kappa shape index (κ2) is 8.54. The van der Waals surface area contributed by atoms with E-state index in [1.54, 1.807) is 40.1 Å². The lowest BCUT2D eigenvalue weighted by molar-refractivity contribution is -0.118. The van der Waals surface area contributed by atoms with Crippen molar-refractivity contribution in [3.05, 3.63) is 89.0 Å². The molecule has 1 N–H and O–H groups in total. The number of para-hydroxylation sites is 1. The van der Waals surface area contributed by atoms with Crippen molar-refractivity contribution < 1.29 is 14.4 Å². The molecule has 0 bridgehead atoms. The zero-order valence-corrected chi connectivity index (χ0v) is 18.5. The highest BCUT2D eigenvalue weighted by Crippen LogP contribution is 2.30. The van der Waals surface area contributed by atoms with Crippen LogP contribution in [0.1, 0.15) is 45.2 Å². The van der Waals surface area contributed by atoms with Crippen molar-refractivity contribution in [2.75, 3.05) is 28.2 Å². The molecule has 5 rings (SSSR count).